The van der Waals surface area contributed by atoms with Gasteiger partial charge in [0.05, 0.1) is 5.56 Å². The molecule has 0 amide bonds. The summed E-state index contributed by atoms with van der Waals surface area (Å²) in [7, 11) is 0. The second-order valence-electron chi connectivity index (χ2n) is 5.31. The van der Waals surface area contributed by atoms with Crippen molar-refractivity contribution in [2.24, 2.45) is 0 Å². The molecule has 0 bridgehead atoms. The number of ether oxygens (including phenoxy) is 1. The summed E-state index contributed by atoms with van der Waals surface area (Å²) < 4.78 is 5.76. The summed E-state index contributed by atoms with van der Waals surface area (Å²) in [4.78, 5) is 12.3. The summed E-state index contributed by atoms with van der Waals surface area (Å²) in [6.45, 7) is 4.07. The molecule has 0 saturated heterocycles. The first-order valence-corrected chi connectivity index (χ1v) is 7.64. The summed E-state index contributed by atoms with van der Waals surface area (Å²) in [5, 5.41) is 0. The lowest BCUT2D eigenvalue weighted by atomic mass is 9.93. The van der Waals surface area contributed by atoms with Crippen LogP contribution in [0.5, 0.6) is 0 Å². The molecule has 2 aromatic carbocycles. The van der Waals surface area contributed by atoms with E-state index in [0.717, 1.165) is 0 Å². The zero-order valence-electron chi connectivity index (χ0n) is 13.1. The maximum Gasteiger partial charge on any atom is 0.338 e. The number of hydrogen-bond acceptors (Lipinski definition) is 2. The maximum atomic E-state index is 12.3. The topological polar surface area (TPSA) is 26.3 Å². The number of benzene rings is 2. The normalized spacial score (nSPS) is 13.7. The molecule has 0 saturated carbocycles. The van der Waals surface area contributed by atoms with Gasteiger partial charge < -0.3 is 4.74 Å². The molecule has 114 valence electrons. The molecular formula is C20H22O2. The van der Waals surface area contributed by atoms with E-state index in [4.69, 9.17) is 4.74 Å². The summed E-state index contributed by atoms with van der Waals surface area (Å²) in [5.41, 5.74) is 1.77. The monoisotopic (exact) mass is 294 g/mol. The van der Waals surface area contributed by atoms with Crippen LogP contribution in [0.25, 0.3) is 0 Å². The average molecular weight is 294 g/mol. The maximum absolute atomic E-state index is 12.3. The highest BCUT2D eigenvalue weighted by molar-refractivity contribution is 5.89. The number of esters is 1. The first-order chi connectivity index (χ1) is 10.7. The van der Waals surface area contributed by atoms with E-state index in [-0.39, 0.29) is 18.0 Å². The Hall–Kier alpha value is -2.35. The summed E-state index contributed by atoms with van der Waals surface area (Å²) in [5.74, 6) is -0.122. The van der Waals surface area contributed by atoms with Crippen molar-refractivity contribution >= 4 is 5.97 Å². The Morgan fingerprint density at radius 2 is 1.64 bits per heavy atom. The quantitative estimate of drug-likeness (QED) is 0.554. The van der Waals surface area contributed by atoms with Crippen molar-refractivity contribution in [2.45, 2.75) is 32.3 Å². The molecule has 2 rings (SSSR count). The number of allylic oxidation sites excluding steroid dienone is 1. The largest absolute Gasteiger partial charge is 0.458 e. The highest BCUT2D eigenvalue weighted by atomic mass is 16.5. The van der Waals surface area contributed by atoms with Gasteiger partial charge in [-0.25, -0.2) is 4.79 Å². The average Bonchev–Trinajstić information content (AvgIpc) is 2.59. The SMILES string of the molecule is C/C=C\C[C@@H](OC(=O)c1ccccc1)[C@H](C)c1ccccc1. The van der Waals surface area contributed by atoms with Crippen LogP contribution in [0, 0.1) is 0 Å². The van der Waals surface area contributed by atoms with E-state index in [1.807, 2.05) is 55.5 Å². The Kier molecular flexibility index (Phi) is 5.96. The molecule has 22 heavy (non-hydrogen) atoms. The number of carbonyl (C=O) groups excluding carboxylic acids is 1. The van der Waals surface area contributed by atoms with Crippen molar-refractivity contribution in [2.75, 3.05) is 0 Å². The van der Waals surface area contributed by atoms with Crippen LogP contribution in [0.2, 0.25) is 0 Å². The van der Waals surface area contributed by atoms with Crippen LogP contribution >= 0.6 is 0 Å². The predicted octanol–water partition coefficient (Wildman–Crippen LogP) is 4.98. The Morgan fingerprint density at radius 1 is 1.05 bits per heavy atom. The molecule has 2 nitrogen and oxygen atoms in total. The lowest BCUT2D eigenvalue weighted by Crippen LogP contribution is -2.23. The van der Waals surface area contributed by atoms with Crippen LogP contribution < -0.4 is 0 Å². The molecule has 0 unspecified atom stereocenters. The Balaban J connectivity index is 2.14. The van der Waals surface area contributed by atoms with Crippen molar-refractivity contribution < 1.29 is 9.53 Å². The third kappa shape index (κ3) is 4.32. The molecule has 0 N–H and O–H groups in total. The minimum atomic E-state index is -0.266. The molecular weight excluding hydrogens is 272 g/mol. The molecule has 0 aliphatic carbocycles. The third-order valence-corrected chi connectivity index (χ3v) is 3.76. The predicted molar refractivity (Wildman–Crippen MR) is 89.9 cm³/mol. The second-order valence-corrected chi connectivity index (χ2v) is 5.31. The van der Waals surface area contributed by atoms with Gasteiger partial charge in [0.15, 0.2) is 0 Å². The number of rotatable bonds is 6. The van der Waals surface area contributed by atoms with E-state index in [2.05, 4.69) is 19.1 Å². The fraction of sp³-hybridized carbons (Fsp3) is 0.250. The lowest BCUT2D eigenvalue weighted by molar-refractivity contribution is 0.0254. The van der Waals surface area contributed by atoms with E-state index in [1.165, 1.54) is 5.56 Å². The Morgan fingerprint density at radius 3 is 2.23 bits per heavy atom. The second kappa shape index (κ2) is 8.18. The highest BCUT2D eigenvalue weighted by Gasteiger charge is 2.22. The Bertz CT molecular complexity index is 602. The smallest absolute Gasteiger partial charge is 0.338 e. The van der Waals surface area contributed by atoms with E-state index >= 15 is 0 Å². The molecule has 0 aliphatic rings. The van der Waals surface area contributed by atoms with Crippen LogP contribution in [0.4, 0.5) is 0 Å². The molecule has 0 fully saturated rings. The third-order valence-electron chi connectivity index (χ3n) is 3.76. The molecule has 2 heteroatoms. The first kappa shape index (κ1) is 16.0. The van der Waals surface area contributed by atoms with Crippen molar-refractivity contribution in [3.05, 3.63) is 83.9 Å². The fourth-order valence-electron chi connectivity index (χ4n) is 2.38. The van der Waals surface area contributed by atoms with E-state index in [0.29, 0.717) is 12.0 Å². The molecule has 2 aromatic rings. The molecule has 0 aromatic heterocycles. The molecule has 0 radical (unpaired) electrons. The zero-order chi connectivity index (χ0) is 15.8. The van der Waals surface area contributed by atoms with Gasteiger partial charge in [-0.05, 0) is 24.6 Å². The van der Waals surface area contributed by atoms with Gasteiger partial charge in [0.2, 0.25) is 0 Å². The fourth-order valence-corrected chi connectivity index (χ4v) is 2.38. The summed E-state index contributed by atoms with van der Waals surface area (Å²) >= 11 is 0. The molecule has 0 heterocycles. The number of carbonyl (C=O) groups is 1. The van der Waals surface area contributed by atoms with Crippen molar-refractivity contribution in [3.8, 4) is 0 Å². The van der Waals surface area contributed by atoms with E-state index < -0.39 is 0 Å². The van der Waals surface area contributed by atoms with Crippen LogP contribution in [0.15, 0.2) is 72.8 Å². The molecule has 0 spiro atoms. The van der Waals surface area contributed by atoms with Gasteiger partial charge >= 0.3 is 5.97 Å². The number of hydrogen-bond donors (Lipinski definition) is 0. The van der Waals surface area contributed by atoms with Crippen molar-refractivity contribution in [1.82, 2.24) is 0 Å². The van der Waals surface area contributed by atoms with Crippen molar-refractivity contribution in [3.63, 3.8) is 0 Å². The lowest BCUT2D eigenvalue weighted by Gasteiger charge is -2.23. The van der Waals surface area contributed by atoms with Crippen molar-refractivity contribution in [1.29, 1.82) is 0 Å². The first-order valence-electron chi connectivity index (χ1n) is 7.64. The Labute approximate surface area is 132 Å². The van der Waals surface area contributed by atoms with Crippen LogP contribution in [-0.2, 0) is 4.74 Å². The van der Waals surface area contributed by atoms with E-state index in [1.54, 1.807) is 12.1 Å². The van der Waals surface area contributed by atoms with Gasteiger partial charge in [0, 0.05) is 12.3 Å². The molecule has 0 aliphatic heterocycles. The van der Waals surface area contributed by atoms with Gasteiger partial charge in [-0.15, -0.1) is 0 Å². The minimum absolute atomic E-state index is 0.144. The standard InChI is InChI=1S/C20H22O2/c1-3-4-15-19(16(2)17-11-7-5-8-12-17)22-20(21)18-13-9-6-10-14-18/h3-14,16,19H,15H2,1-2H3/b4-3-/t16-,19-/m1/s1. The van der Waals surface area contributed by atoms with E-state index in [9.17, 15) is 4.79 Å². The molecule has 2 atom stereocenters. The summed E-state index contributed by atoms with van der Waals surface area (Å²) in [6, 6.07) is 19.3. The van der Waals surface area contributed by atoms with Crippen LogP contribution in [0.3, 0.4) is 0 Å². The van der Waals surface area contributed by atoms with Gasteiger partial charge in [0.1, 0.15) is 6.10 Å². The van der Waals surface area contributed by atoms with Gasteiger partial charge in [-0.1, -0.05) is 67.6 Å². The zero-order valence-corrected chi connectivity index (χ0v) is 13.1. The van der Waals surface area contributed by atoms with Gasteiger partial charge in [-0.2, -0.15) is 0 Å². The van der Waals surface area contributed by atoms with Gasteiger partial charge in [-0.3, -0.25) is 0 Å². The van der Waals surface area contributed by atoms with Crippen LogP contribution in [-0.4, -0.2) is 12.1 Å². The van der Waals surface area contributed by atoms with Gasteiger partial charge in [0.25, 0.3) is 0 Å². The van der Waals surface area contributed by atoms with Crippen LogP contribution in [0.1, 0.15) is 42.1 Å². The highest BCUT2D eigenvalue weighted by Crippen LogP contribution is 2.25. The summed E-state index contributed by atoms with van der Waals surface area (Å²) in [6.07, 6.45) is 4.57. The minimum Gasteiger partial charge on any atom is -0.458 e.